The molecule has 0 spiro atoms. The van der Waals surface area contributed by atoms with Gasteiger partial charge in [0, 0.05) is 0 Å². The van der Waals surface area contributed by atoms with Crippen LogP contribution in [0.1, 0.15) is 17.2 Å². The number of hydrogen-bond acceptors (Lipinski definition) is 2. The molecule has 0 saturated heterocycles. The van der Waals surface area contributed by atoms with E-state index in [0.717, 1.165) is 5.56 Å². The molecule has 0 radical (unpaired) electrons. The summed E-state index contributed by atoms with van der Waals surface area (Å²) < 4.78 is 19.0. The van der Waals surface area contributed by atoms with E-state index in [2.05, 4.69) is 15.9 Å². The van der Waals surface area contributed by atoms with Gasteiger partial charge in [-0.05, 0) is 51.3 Å². The minimum absolute atomic E-state index is 0.340. The second-order valence-corrected chi connectivity index (χ2v) is 5.31. The summed E-state index contributed by atoms with van der Waals surface area (Å²) in [5.41, 5.74) is 7.60. The van der Waals surface area contributed by atoms with E-state index in [9.17, 15) is 4.39 Å². The van der Waals surface area contributed by atoms with Crippen molar-refractivity contribution in [3.05, 3.63) is 62.8 Å². The third-order valence-electron chi connectivity index (χ3n) is 2.84. The lowest BCUT2D eigenvalue weighted by Crippen LogP contribution is -2.12. The molecule has 0 bridgehead atoms. The Morgan fingerprint density at radius 3 is 2.42 bits per heavy atom. The second kappa shape index (κ2) is 5.90. The molecule has 0 amide bonds. The number of hydrogen-bond donors (Lipinski definition) is 1. The second-order valence-electron chi connectivity index (χ2n) is 4.05. The zero-order valence-corrected chi connectivity index (χ0v) is 12.5. The summed E-state index contributed by atoms with van der Waals surface area (Å²) in [5, 5.41) is 0.480. The fraction of sp³-hybridized carbons (Fsp3) is 0.143. The molecule has 1 atom stereocenters. The van der Waals surface area contributed by atoms with Crippen molar-refractivity contribution in [2.45, 2.75) is 6.04 Å². The number of rotatable bonds is 3. The fourth-order valence-corrected chi connectivity index (χ4v) is 2.29. The Balaban J connectivity index is 2.35. The molecule has 0 aliphatic rings. The summed E-state index contributed by atoms with van der Waals surface area (Å²) in [6.07, 6.45) is 0. The van der Waals surface area contributed by atoms with Gasteiger partial charge in [-0.15, -0.1) is 0 Å². The van der Waals surface area contributed by atoms with Crippen molar-refractivity contribution in [1.29, 1.82) is 0 Å². The van der Waals surface area contributed by atoms with Crippen LogP contribution >= 0.6 is 27.5 Å². The van der Waals surface area contributed by atoms with Gasteiger partial charge in [0.05, 0.1) is 22.6 Å². The average molecular weight is 345 g/mol. The standard InChI is InChI=1S/C14H12BrClFNO/c1-19-13-5-3-8(6-11(13)16)14(18)9-2-4-10(15)12(17)7-9/h2-7,14H,18H2,1H3. The van der Waals surface area contributed by atoms with E-state index < -0.39 is 6.04 Å². The summed E-state index contributed by atoms with van der Waals surface area (Å²) in [7, 11) is 1.55. The summed E-state index contributed by atoms with van der Waals surface area (Å²) >= 11 is 9.17. The first-order valence-corrected chi connectivity index (χ1v) is 6.74. The first-order chi connectivity index (χ1) is 9.02. The molecule has 2 aromatic rings. The Morgan fingerprint density at radius 1 is 1.21 bits per heavy atom. The third-order valence-corrected chi connectivity index (χ3v) is 3.78. The molecule has 19 heavy (non-hydrogen) atoms. The predicted molar refractivity (Wildman–Crippen MR) is 78.1 cm³/mol. The van der Waals surface area contributed by atoms with E-state index in [1.165, 1.54) is 6.07 Å². The monoisotopic (exact) mass is 343 g/mol. The highest BCUT2D eigenvalue weighted by molar-refractivity contribution is 9.10. The van der Waals surface area contributed by atoms with Crippen molar-refractivity contribution in [2.75, 3.05) is 7.11 Å². The van der Waals surface area contributed by atoms with Crippen LogP contribution in [0, 0.1) is 5.82 Å². The average Bonchev–Trinajstić information content (AvgIpc) is 2.41. The van der Waals surface area contributed by atoms with Crippen LogP contribution in [0.15, 0.2) is 40.9 Å². The van der Waals surface area contributed by atoms with Crippen LogP contribution in [0.3, 0.4) is 0 Å². The van der Waals surface area contributed by atoms with Gasteiger partial charge < -0.3 is 10.5 Å². The zero-order valence-electron chi connectivity index (χ0n) is 10.2. The Kier molecular flexibility index (Phi) is 4.45. The maximum absolute atomic E-state index is 13.5. The van der Waals surface area contributed by atoms with Crippen molar-refractivity contribution < 1.29 is 9.13 Å². The van der Waals surface area contributed by atoms with Crippen LogP contribution < -0.4 is 10.5 Å². The van der Waals surface area contributed by atoms with Gasteiger partial charge in [0.2, 0.25) is 0 Å². The van der Waals surface area contributed by atoms with Gasteiger partial charge in [-0.2, -0.15) is 0 Å². The maximum Gasteiger partial charge on any atom is 0.137 e. The highest BCUT2D eigenvalue weighted by Gasteiger charge is 2.13. The first-order valence-electron chi connectivity index (χ1n) is 5.57. The van der Waals surface area contributed by atoms with E-state index in [4.69, 9.17) is 22.1 Å². The molecule has 0 aromatic heterocycles. The highest BCUT2D eigenvalue weighted by Crippen LogP contribution is 2.30. The molecule has 2 aromatic carbocycles. The molecule has 0 saturated carbocycles. The molecule has 2 N–H and O–H groups in total. The molecular formula is C14H12BrClFNO. The first kappa shape index (κ1) is 14.3. The van der Waals surface area contributed by atoms with E-state index in [1.54, 1.807) is 31.4 Å². The van der Waals surface area contributed by atoms with Gasteiger partial charge in [-0.3, -0.25) is 0 Å². The van der Waals surface area contributed by atoms with Gasteiger partial charge in [0.15, 0.2) is 0 Å². The van der Waals surface area contributed by atoms with Crippen LogP contribution in [0.25, 0.3) is 0 Å². The Labute approximate surface area is 124 Å². The van der Waals surface area contributed by atoms with Gasteiger partial charge in [0.1, 0.15) is 11.6 Å². The molecule has 100 valence electrons. The molecular weight excluding hydrogens is 333 g/mol. The normalized spacial score (nSPS) is 12.3. The van der Waals surface area contributed by atoms with Crippen molar-refractivity contribution >= 4 is 27.5 Å². The topological polar surface area (TPSA) is 35.2 Å². The molecule has 2 nitrogen and oxygen atoms in total. The smallest absolute Gasteiger partial charge is 0.137 e. The Bertz CT molecular complexity index is 606. The lowest BCUT2D eigenvalue weighted by Gasteiger charge is -2.14. The lowest BCUT2D eigenvalue weighted by atomic mass is 9.99. The quantitative estimate of drug-likeness (QED) is 0.901. The summed E-state index contributed by atoms with van der Waals surface area (Å²) in [5.74, 6) is 0.243. The predicted octanol–water partition coefficient (Wildman–Crippen LogP) is 4.30. The van der Waals surface area contributed by atoms with Crippen molar-refractivity contribution in [3.63, 3.8) is 0 Å². The van der Waals surface area contributed by atoms with E-state index >= 15 is 0 Å². The summed E-state index contributed by atoms with van der Waals surface area (Å²) in [4.78, 5) is 0. The largest absolute Gasteiger partial charge is 0.495 e. The Morgan fingerprint density at radius 2 is 1.84 bits per heavy atom. The fourth-order valence-electron chi connectivity index (χ4n) is 1.77. The zero-order chi connectivity index (χ0) is 14.0. The van der Waals surface area contributed by atoms with Crippen LogP contribution in [0.4, 0.5) is 4.39 Å². The van der Waals surface area contributed by atoms with Crippen molar-refractivity contribution in [2.24, 2.45) is 5.73 Å². The lowest BCUT2D eigenvalue weighted by molar-refractivity contribution is 0.415. The number of methoxy groups -OCH3 is 1. The van der Waals surface area contributed by atoms with Gasteiger partial charge in [0.25, 0.3) is 0 Å². The SMILES string of the molecule is COc1ccc(C(N)c2ccc(Br)c(F)c2)cc1Cl. The van der Waals surface area contributed by atoms with Crippen LogP contribution in [-0.2, 0) is 0 Å². The number of nitrogens with two attached hydrogens (primary N) is 1. The van der Waals surface area contributed by atoms with Crippen LogP contribution in [0.5, 0.6) is 5.75 Å². The minimum Gasteiger partial charge on any atom is -0.495 e. The molecule has 0 heterocycles. The van der Waals surface area contributed by atoms with Crippen molar-refractivity contribution in [3.8, 4) is 5.75 Å². The highest BCUT2D eigenvalue weighted by atomic mass is 79.9. The third kappa shape index (κ3) is 3.08. The van der Waals surface area contributed by atoms with Crippen LogP contribution in [-0.4, -0.2) is 7.11 Å². The molecule has 0 aliphatic heterocycles. The van der Waals surface area contributed by atoms with Gasteiger partial charge in [-0.1, -0.05) is 23.7 Å². The molecule has 1 unspecified atom stereocenters. The molecule has 0 aliphatic carbocycles. The van der Waals surface area contributed by atoms with E-state index in [1.807, 2.05) is 6.07 Å². The summed E-state index contributed by atoms with van der Waals surface area (Å²) in [6, 6.07) is 9.66. The molecule has 5 heteroatoms. The van der Waals surface area contributed by atoms with Gasteiger partial charge >= 0.3 is 0 Å². The maximum atomic E-state index is 13.5. The molecule has 2 rings (SSSR count). The summed E-state index contributed by atoms with van der Waals surface area (Å²) in [6.45, 7) is 0. The number of benzene rings is 2. The molecule has 0 fully saturated rings. The number of halogens is 3. The van der Waals surface area contributed by atoms with Gasteiger partial charge in [-0.25, -0.2) is 4.39 Å². The number of ether oxygens (including phenoxy) is 1. The van der Waals surface area contributed by atoms with Crippen LogP contribution in [0.2, 0.25) is 5.02 Å². The minimum atomic E-state index is -0.439. The van der Waals surface area contributed by atoms with E-state index in [0.29, 0.717) is 20.8 Å². The Hall–Kier alpha value is -1.10. The van der Waals surface area contributed by atoms with E-state index in [-0.39, 0.29) is 5.82 Å². The van der Waals surface area contributed by atoms with Crippen molar-refractivity contribution in [1.82, 2.24) is 0 Å².